The van der Waals surface area contributed by atoms with Crippen LogP contribution in [0.4, 0.5) is 10.3 Å². The summed E-state index contributed by atoms with van der Waals surface area (Å²) in [7, 11) is 1.54. The van der Waals surface area contributed by atoms with Gasteiger partial charge in [-0.2, -0.15) is 10.2 Å². The molecule has 0 bridgehead atoms. The van der Waals surface area contributed by atoms with Gasteiger partial charge in [-0.25, -0.2) is 9.37 Å². The van der Waals surface area contributed by atoms with E-state index in [4.69, 9.17) is 0 Å². The molecule has 0 unspecified atom stereocenters. The Kier molecular flexibility index (Phi) is 3.62. The number of amides is 1. The lowest BCUT2D eigenvalue weighted by molar-refractivity contribution is -0.117. The Morgan fingerprint density at radius 1 is 1.35 bits per heavy atom. The molecule has 10 heteroatoms. The average Bonchev–Trinajstić information content (AvgIpc) is 3.07. The van der Waals surface area contributed by atoms with Crippen LogP contribution < -0.4 is 10.5 Å². The van der Waals surface area contributed by atoms with Gasteiger partial charge in [0.25, 0.3) is 5.56 Å². The van der Waals surface area contributed by atoms with E-state index in [1.165, 1.54) is 39.3 Å². The van der Waals surface area contributed by atoms with E-state index in [0.29, 0.717) is 15.9 Å². The molecular formula is C16H10BrFN6O2. The molecule has 26 heavy (non-hydrogen) atoms. The number of anilines is 1. The average molecular weight is 417 g/mol. The highest BCUT2D eigenvalue weighted by molar-refractivity contribution is 9.10. The van der Waals surface area contributed by atoms with Crippen molar-refractivity contribution in [2.75, 3.05) is 11.9 Å². The number of fused-ring (bicyclic) bond motifs is 2. The molecule has 130 valence electrons. The Labute approximate surface area is 154 Å². The number of halogens is 2. The van der Waals surface area contributed by atoms with Gasteiger partial charge in [-0.15, -0.1) is 0 Å². The van der Waals surface area contributed by atoms with E-state index in [1.807, 2.05) is 6.07 Å². The molecule has 0 saturated carbocycles. The predicted octanol–water partition coefficient (Wildman–Crippen LogP) is 1.39. The molecule has 1 aliphatic rings. The number of hydrogen-bond donors (Lipinski definition) is 0. The maximum Gasteiger partial charge on any atom is 0.281 e. The summed E-state index contributed by atoms with van der Waals surface area (Å²) in [6.07, 6.45) is 0. The lowest BCUT2D eigenvalue weighted by Crippen LogP contribution is -2.22. The van der Waals surface area contributed by atoms with Gasteiger partial charge in [0.15, 0.2) is 15.9 Å². The zero-order valence-electron chi connectivity index (χ0n) is 13.4. The van der Waals surface area contributed by atoms with E-state index in [9.17, 15) is 19.2 Å². The van der Waals surface area contributed by atoms with Crippen molar-refractivity contribution in [1.29, 1.82) is 5.26 Å². The van der Waals surface area contributed by atoms with Crippen LogP contribution in [-0.2, 0) is 17.9 Å². The van der Waals surface area contributed by atoms with Crippen molar-refractivity contribution in [2.45, 2.75) is 13.1 Å². The summed E-state index contributed by atoms with van der Waals surface area (Å²) < 4.78 is 16.7. The Morgan fingerprint density at radius 3 is 2.85 bits per heavy atom. The minimum Gasteiger partial charge on any atom is -0.308 e. The summed E-state index contributed by atoms with van der Waals surface area (Å²) in [5.74, 6) is -0.500. The van der Waals surface area contributed by atoms with Gasteiger partial charge < -0.3 is 4.57 Å². The van der Waals surface area contributed by atoms with Crippen LogP contribution >= 0.6 is 15.9 Å². The summed E-state index contributed by atoms with van der Waals surface area (Å²) >= 11 is 3.29. The van der Waals surface area contributed by atoms with E-state index < -0.39 is 11.4 Å². The van der Waals surface area contributed by atoms with Gasteiger partial charge in [0.05, 0.1) is 18.2 Å². The second kappa shape index (κ2) is 5.74. The van der Waals surface area contributed by atoms with E-state index in [1.54, 1.807) is 0 Å². The molecule has 0 radical (unpaired) electrons. The summed E-state index contributed by atoms with van der Waals surface area (Å²) in [4.78, 5) is 34.6. The van der Waals surface area contributed by atoms with Gasteiger partial charge in [-0.05, 0) is 39.7 Å². The lowest BCUT2D eigenvalue weighted by atomic mass is 10.1. The molecule has 1 amide bonds. The number of rotatable bonds is 2. The highest BCUT2D eigenvalue weighted by Crippen LogP contribution is 2.24. The van der Waals surface area contributed by atoms with E-state index >= 15 is 0 Å². The molecule has 0 atom stereocenters. The molecule has 3 heterocycles. The fraction of sp³-hybridized carbons (Fsp3) is 0.188. The van der Waals surface area contributed by atoms with Crippen molar-refractivity contribution in [3.05, 3.63) is 50.2 Å². The van der Waals surface area contributed by atoms with Gasteiger partial charge in [0.2, 0.25) is 11.9 Å². The van der Waals surface area contributed by atoms with Crippen molar-refractivity contribution in [1.82, 2.24) is 19.1 Å². The fourth-order valence-corrected chi connectivity index (χ4v) is 3.42. The molecule has 0 saturated heterocycles. The number of carbonyl (C=O) groups excluding carboxylic acids is 1. The van der Waals surface area contributed by atoms with Crippen molar-refractivity contribution in [3.63, 3.8) is 0 Å². The molecule has 0 N–H and O–H groups in total. The van der Waals surface area contributed by atoms with Crippen LogP contribution in [0, 0.1) is 17.1 Å². The standard InChI is InChI=1S/C16H10BrFN6O2/c1-22-11(25)7-24-14(26)12-13(21-16(22)24)20-15(17)23(12)6-9-4-10(18)3-2-8(9)5-19/h2-4H,6-7H2,1H3. The van der Waals surface area contributed by atoms with Crippen LogP contribution in [0.5, 0.6) is 0 Å². The molecule has 0 spiro atoms. The minimum absolute atomic E-state index is 0.0534. The van der Waals surface area contributed by atoms with Crippen LogP contribution in [0.15, 0.2) is 27.7 Å². The van der Waals surface area contributed by atoms with Crippen LogP contribution in [0.3, 0.4) is 0 Å². The van der Waals surface area contributed by atoms with Crippen LogP contribution in [-0.4, -0.2) is 32.1 Å². The number of nitriles is 1. The summed E-state index contributed by atoms with van der Waals surface area (Å²) in [6, 6.07) is 5.83. The smallest absolute Gasteiger partial charge is 0.281 e. The van der Waals surface area contributed by atoms with Crippen molar-refractivity contribution < 1.29 is 9.18 Å². The first-order valence-corrected chi connectivity index (χ1v) is 8.31. The topological polar surface area (TPSA) is 96.8 Å². The van der Waals surface area contributed by atoms with Gasteiger partial charge in [-0.1, -0.05) is 0 Å². The zero-order chi connectivity index (χ0) is 18.6. The molecule has 0 aliphatic carbocycles. The Balaban J connectivity index is 1.93. The van der Waals surface area contributed by atoms with Crippen molar-refractivity contribution >= 4 is 38.9 Å². The first-order chi connectivity index (χ1) is 12.4. The van der Waals surface area contributed by atoms with Gasteiger partial charge in [0.1, 0.15) is 12.4 Å². The number of imidazole rings is 1. The number of carbonyl (C=O) groups is 1. The third-order valence-electron chi connectivity index (χ3n) is 4.28. The Bertz CT molecular complexity index is 1190. The normalized spacial score (nSPS) is 13.3. The SMILES string of the molecule is CN1C(=O)Cn2c1nc1nc(Br)n(Cc3cc(F)ccc3C#N)c1c2=O. The number of nitrogens with zero attached hydrogens (tertiary/aromatic N) is 6. The molecule has 8 nitrogen and oxygen atoms in total. The molecule has 1 aromatic carbocycles. The van der Waals surface area contributed by atoms with E-state index in [0.717, 1.165) is 0 Å². The molecule has 0 fully saturated rings. The monoisotopic (exact) mass is 416 g/mol. The highest BCUT2D eigenvalue weighted by atomic mass is 79.9. The number of likely N-dealkylation sites (N-methyl/N-ethyl adjacent to an activating group) is 1. The lowest BCUT2D eigenvalue weighted by Gasteiger charge is -2.09. The third-order valence-corrected chi connectivity index (χ3v) is 4.89. The molecule has 4 rings (SSSR count). The van der Waals surface area contributed by atoms with Gasteiger partial charge in [0, 0.05) is 7.05 Å². The van der Waals surface area contributed by atoms with Gasteiger partial charge >= 0.3 is 0 Å². The van der Waals surface area contributed by atoms with Crippen LogP contribution in [0.25, 0.3) is 11.2 Å². The molecule has 2 aromatic heterocycles. The fourth-order valence-electron chi connectivity index (χ4n) is 2.94. The van der Waals surface area contributed by atoms with E-state index in [2.05, 4.69) is 25.9 Å². The maximum atomic E-state index is 13.6. The molecule has 1 aliphatic heterocycles. The second-order valence-corrected chi connectivity index (χ2v) is 6.52. The van der Waals surface area contributed by atoms with Crippen LogP contribution in [0.1, 0.15) is 11.1 Å². The molecule has 3 aromatic rings. The quantitative estimate of drug-likeness (QED) is 0.588. The Morgan fingerprint density at radius 2 is 2.12 bits per heavy atom. The van der Waals surface area contributed by atoms with Crippen molar-refractivity contribution in [2.24, 2.45) is 0 Å². The first kappa shape index (κ1) is 16.4. The highest BCUT2D eigenvalue weighted by Gasteiger charge is 2.29. The number of aromatic nitrogens is 4. The number of hydrogen-bond acceptors (Lipinski definition) is 5. The third kappa shape index (κ3) is 2.32. The van der Waals surface area contributed by atoms with E-state index in [-0.39, 0.29) is 36.1 Å². The first-order valence-electron chi connectivity index (χ1n) is 7.52. The van der Waals surface area contributed by atoms with Gasteiger partial charge in [-0.3, -0.25) is 19.1 Å². The van der Waals surface area contributed by atoms with Crippen molar-refractivity contribution in [3.8, 4) is 6.07 Å². The molecular weight excluding hydrogens is 407 g/mol. The zero-order valence-corrected chi connectivity index (χ0v) is 15.0. The summed E-state index contributed by atoms with van der Waals surface area (Å²) in [5.41, 5.74) is 0.632. The Hall–Kier alpha value is -3.06. The predicted molar refractivity (Wildman–Crippen MR) is 93.1 cm³/mol. The minimum atomic E-state index is -0.484. The maximum absolute atomic E-state index is 13.6. The van der Waals surface area contributed by atoms with Crippen LogP contribution in [0.2, 0.25) is 0 Å². The summed E-state index contributed by atoms with van der Waals surface area (Å²) in [6.45, 7) is -0.0440. The number of benzene rings is 1. The summed E-state index contributed by atoms with van der Waals surface area (Å²) in [5, 5.41) is 9.23. The second-order valence-electron chi connectivity index (χ2n) is 5.81. The largest absolute Gasteiger partial charge is 0.308 e.